The van der Waals surface area contributed by atoms with E-state index in [0.717, 1.165) is 30.1 Å². The highest BCUT2D eigenvalue weighted by Crippen LogP contribution is 2.75. The van der Waals surface area contributed by atoms with Crippen molar-refractivity contribution in [2.75, 3.05) is 7.11 Å². The summed E-state index contributed by atoms with van der Waals surface area (Å²) in [6, 6.07) is 0. The Morgan fingerprint density at radius 2 is 2.18 bits per heavy atom. The molecule has 0 heterocycles. The van der Waals surface area contributed by atoms with Gasteiger partial charge in [0, 0.05) is 0 Å². The van der Waals surface area contributed by atoms with Crippen LogP contribution in [0.1, 0.15) is 12.8 Å². The molecule has 0 aliphatic heterocycles. The molecule has 0 saturated heterocycles. The number of esters is 1. The second-order valence-electron chi connectivity index (χ2n) is 4.18. The van der Waals surface area contributed by atoms with Crippen LogP contribution in [0.2, 0.25) is 0 Å². The highest BCUT2D eigenvalue weighted by molar-refractivity contribution is 5.74. The number of hydrogen-bond donors (Lipinski definition) is 0. The molecule has 60 valence electrons. The Kier molecular flexibility index (Phi) is 0.890. The van der Waals surface area contributed by atoms with Crippen molar-refractivity contribution in [2.45, 2.75) is 12.8 Å². The Hall–Kier alpha value is -0.530. The van der Waals surface area contributed by atoms with Gasteiger partial charge in [-0.25, -0.2) is 0 Å². The molecule has 0 aromatic rings. The van der Waals surface area contributed by atoms with Gasteiger partial charge in [-0.1, -0.05) is 0 Å². The van der Waals surface area contributed by atoms with Crippen LogP contribution in [0, 0.1) is 29.6 Å². The van der Waals surface area contributed by atoms with Crippen molar-refractivity contribution in [3.05, 3.63) is 0 Å². The normalized spacial score (nSPS) is 56.3. The summed E-state index contributed by atoms with van der Waals surface area (Å²) in [5.74, 6) is 3.84. The summed E-state index contributed by atoms with van der Waals surface area (Å²) >= 11 is 0. The summed E-state index contributed by atoms with van der Waals surface area (Å²) in [6.45, 7) is 0. The van der Waals surface area contributed by atoms with Crippen molar-refractivity contribution < 1.29 is 9.53 Å². The predicted molar refractivity (Wildman–Crippen MR) is 38.7 cm³/mol. The molecule has 2 heteroatoms. The fourth-order valence-corrected chi connectivity index (χ4v) is 3.43. The number of hydrogen-bond acceptors (Lipinski definition) is 2. The van der Waals surface area contributed by atoms with Crippen LogP contribution in [0.4, 0.5) is 0 Å². The molecule has 0 aromatic heterocycles. The van der Waals surface area contributed by atoms with E-state index < -0.39 is 0 Å². The fraction of sp³-hybridized carbons (Fsp3) is 0.889. The molecule has 0 amide bonds. The molecular weight excluding hydrogens is 140 g/mol. The first kappa shape index (κ1) is 6.04. The van der Waals surface area contributed by atoms with E-state index in [2.05, 4.69) is 0 Å². The SMILES string of the molecule is COC(=O)[C@H]1C[C@H]2C[C@@H]3[C@@H]2[C@@H]31. The van der Waals surface area contributed by atoms with E-state index in [-0.39, 0.29) is 11.9 Å². The summed E-state index contributed by atoms with van der Waals surface area (Å²) in [6.07, 6.45) is 2.53. The first-order valence-electron chi connectivity index (χ1n) is 4.40. The van der Waals surface area contributed by atoms with E-state index in [1.807, 2.05) is 0 Å². The minimum Gasteiger partial charge on any atom is -0.469 e. The molecule has 3 aliphatic carbocycles. The molecule has 0 spiro atoms. The van der Waals surface area contributed by atoms with E-state index in [9.17, 15) is 4.79 Å². The summed E-state index contributed by atoms with van der Waals surface area (Å²) in [5.41, 5.74) is 0. The van der Waals surface area contributed by atoms with Gasteiger partial charge < -0.3 is 4.74 Å². The Labute approximate surface area is 65.9 Å². The molecule has 3 rings (SSSR count). The minimum absolute atomic E-state index is 0.0460. The Bertz CT molecular complexity index is 224. The monoisotopic (exact) mass is 152 g/mol. The van der Waals surface area contributed by atoms with Gasteiger partial charge in [0.2, 0.25) is 0 Å². The van der Waals surface area contributed by atoms with Gasteiger partial charge in [-0.3, -0.25) is 4.79 Å². The van der Waals surface area contributed by atoms with Crippen LogP contribution in [0.15, 0.2) is 0 Å². The van der Waals surface area contributed by atoms with Crippen LogP contribution in [0.3, 0.4) is 0 Å². The third-order valence-corrected chi connectivity index (χ3v) is 3.94. The van der Waals surface area contributed by atoms with Crippen molar-refractivity contribution >= 4 is 5.97 Å². The maximum Gasteiger partial charge on any atom is 0.308 e. The molecule has 0 N–H and O–H groups in total. The maximum absolute atomic E-state index is 11.2. The zero-order valence-electron chi connectivity index (χ0n) is 6.62. The van der Waals surface area contributed by atoms with Crippen molar-refractivity contribution in [2.24, 2.45) is 29.6 Å². The molecule has 0 unspecified atom stereocenters. The maximum atomic E-state index is 11.2. The van der Waals surface area contributed by atoms with Gasteiger partial charge >= 0.3 is 5.97 Å². The molecule has 3 saturated carbocycles. The summed E-state index contributed by atoms with van der Waals surface area (Å²) in [7, 11) is 1.50. The van der Waals surface area contributed by atoms with Gasteiger partial charge in [0.1, 0.15) is 0 Å². The van der Waals surface area contributed by atoms with Gasteiger partial charge in [0.15, 0.2) is 0 Å². The van der Waals surface area contributed by atoms with Crippen LogP contribution in [0.5, 0.6) is 0 Å². The van der Waals surface area contributed by atoms with E-state index in [4.69, 9.17) is 4.74 Å². The lowest BCUT2D eigenvalue weighted by molar-refractivity contribution is -0.146. The third-order valence-electron chi connectivity index (χ3n) is 3.94. The smallest absolute Gasteiger partial charge is 0.308 e. The lowest BCUT2D eigenvalue weighted by Gasteiger charge is -2.26. The number of ether oxygens (including phenoxy) is 1. The Morgan fingerprint density at radius 3 is 2.64 bits per heavy atom. The van der Waals surface area contributed by atoms with Gasteiger partial charge in [0.25, 0.3) is 0 Å². The molecular formula is C9H12O2. The third kappa shape index (κ3) is 0.534. The van der Waals surface area contributed by atoms with Crippen molar-refractivity contribution in [1.29, 1.82) is 0 Å². The molecule has 5 atom stereocenters. The molecule has 0 bridgehead atoms. The first-order chi connectivity index (χ1) is 5.33. The molecule has 0 radical (unpaired) electrons. The van der Waals surface area contributed by atoms with Crippen molar-refractivity contribution in [1.82, 2.24) is 0 Å². The summed E-state index contributed by atoms with van der Waals surface area (Å²) in [5, 5.41) is 0. The second-order valence-corrected chi connectivity index (χ2v) is 4.18. The van der Waals surface area contributed by atoms with Gasteiger partial charge in [-0.2, -0.15) is 0 Å². The molecule has 3 fully saturated rings. The average molecular weight is 152 g/mol. The average Bonchev–Trinajstić information content (AvgIpc) is 2.47. The molecule has 0 aromatic carbocycles. The van der Waals surface area contributed by atoms with Crippen LogP contribution in [0.25, 0.3) is 0 Å². The molecule has 2 nitrogen and oxygen atoms in total. The summed E-state index contributed by atoms with van der Waals surface area (Å²) < 4.78 is 4.76. The summed E-state index contributed by atoms with van der Waals surface area (Å²) in [4.78, 5) is 11.2. The number of methoxy groups -OCH3 is 1. The highest BCUT2D eigenvalue weighted by atomic mass is 16.5. The number of fused-ring (bicyclic) bond motifs is 1. The lowest BCUT2D eigenvalue weighted by Crippen LogP contribution is -2.24. The number of carbonyl (C=O) groups is 1. The Balaban J connectivity index is 1.78. The lowest BCUT2D eigenvalue weighted by atomic mass is 9.79. The quantitative estimate of drug-likeness (QED) is 0.525. The highest BCUT2D eigenvalue weighted by Gasteiger charge is 2.71. The largest absolute Gasteiger partial charge is 0.469 e. The van der Waals surface area contributed by atoms with E-state index in [0.29, 0.717) is 0 Å². The van der Waals surface area contributed by atoms with Gasteiger partial charge in [-0.05, 0) is 36.5 Å². The zero-order chi connectivity index (χ0) is 7.59. The minimum atomic E-state index is 0.0460. The Morgan fingerprint density at radius 1 is 1.36 bits per heavy atom. The van der Waals surface area contributed by atoms with Gasteiger partial charge in [-0.15, -0.1) is 0 Å². The van der Waals surface area contributed by atoms with Crippen LogP contribution in [-0.4, -0.2) is 13.1 Å². The predicted octanol–water partition coefficient (Wildman–Crippen LogP) is 1.06. The van der Waals surface area contributed by atoms with Crippen LogP contribution >= 0.6 is 0 Å². The van der Waals surface area contributed by atoms with Gasteiger partial charge in [0.05, 0.1) is 13.0 Å². The van der Waals surface area contributed by atoms with Crippen molar-refractivity contribution in [3.8, 4) is 0 Å². The van der Waals surface area contributed by atoms with E-state index in [1.165, 1.54) is 13.5 Å². The topological polar surface area (TPSA) is 26.3 Å². The van der Waals surface area contributed by atoms with Crippen molar-refractivity contribution in [3.63, 3.8) is 0 Å². The van der Waals surface area contributed by atoms with Crippen LogP contribution in [-0.2, 0) is 9.53 Å². The fourth-order valence-electron chi connectivity index (χ4n) is 3.43. The standard InChI is InChI=1S/C9H12O2/c1-11-9(10)6-3-4-2-5-7(4)8(5)6/h4-8H,2-3H2,1H3/t4-,5-,6+,7-,8+/m1/s1. The molecule has 11 heavy (non-hydrogen) atoms. The zero-order valence-corrected chi connectivity index (χ0v) is 6.62. The number of carbonyl (C=O) groups excluding carboxylic acids is 1. The van der Waals surface area contributed by atoms with E-state index in [1.54, 1.807) is 0 Å². The first-order valence-corrected chi connectivity index (χ1v) is 4.40. The second kappa shape index (κ2) is 1.62. The molecule has 3 aliphatic rings. The number of rotatable bonds is 1. The van der Waals surface area contributed by atoms with E-state index >= 15 is 0 Å². The van der Waals surface area contributed by atoms with Crippen LogP contribution < -0.4 is 0 Å².